The lowest BCUT2D eigenvalue weighted by Crippen LogP contribution is -2.46. The van der Waals surface area contributed by atoms with E-state index in [-0.39, 0.29) is 30.8 Å². The van der Waals surface area contributed by atoms with Crippen LogP contribution < -0.4 is 20.3 Å². The zero-order valence-electron chi connectivity index (χ0n) is 16.9. The van der Waals surface area contributed by atoms with Crippen LogP contribution in [0.5, 0.6) is 11.5 Å². The van der Waals surface area contributed by atoms with Crippen molar-refractivity contribution in [3.63, 3.8) is 0 Å². The molecule has 1 atom stereocenters. The molecule has 1 saturated heterocycles. The molecule has 1 aromatic heterocycles. The molecule has 1 aliphatic rings. The predicted molar refractivity (Wildman–Crippen MR) is 110 cm³/mol. The van der Waals surface area contributed by atoms with Gasteiger partial charge in [-0.1, -0.05) is 6.07 Å². The highest BCUT2D eigenvalue weighted by Crippen LogP contribution is 2.38. The Morgan fingerprint density at radius 3 is 2.72 bits per heavy atom. The Labute approximate surface area is 174 Å². The Morgan fingerprint density at radius 1 is 1.24 bits per heavy atom. The minimum atomic E-state index is -0.289. The van der Waals surface area contributed by atoms with E-state index in [1.165, 1.54) is 11.3 Å². The van der Waals surface area contributed by atoms with Crippen molar-refractivity contribution < 1.29 is 19.1 Å². The van der Waals surface area contributed by atoms with Crippen molar-refractivity contribution in [1.29, 1.82) is 0 Å². The Morgan fingerprint density at radius 2 is 2.03 bits per heavy atom. The molecule has 8 nitrogen and oxygen atoms in total. The largest absolute Gasteiger partial charge is 0.497 e. The number of methoxy groups -OCH3 is 2. The second kappa shape index (κ2) is 9.71. The molecule has 0 saturated carbocycles. The maximum atomic E-state index is 12.4. The van der Waals surface area contributed by atoms with Crippen LogP contribution in [-0.4, -0.2) is 49.0 Å². The first-order chi connectivity index (χ1) is 14.0. The molecular formula is C20H26N4O4S. The number of hydrazine groups is 1. The number of hydrogen-bond donors (Lipinski definition) is 2. The summed E-state index contributed by atoms with van der Waals surface area (Å²) in [5, 5.41) is 2.61. The normalized spacial score (nSPS) is 16.4. The molecule has 2 heterocycles. The number of ether oxygens (including phenoxy) is 2. The van der Waals surface area contributed by atoms with E-state index in [2.05, 4.69) is 20.7 Å². The molecule has 1 fully saturated rings. The third-order valence-electron chi connectivity index (χ3n) is 4.83. The SMILES string of the molecule is COc1ccc(C2CCCN2CC(=O)NNC(=O)Cc2nc(C)cs2)c(OC)c1. The number of aromatic nitrogens is 1. The minimum absolute atomic E-state index is 0.0793. The van der Waals surface area contributed by atoms with E-state index in [1.54, 1.807) is 14.2 Å². The highest BCUT2D eigenvalue weighted by Gasteiger charge is 2.30. The van der Waals surface area contributed by atoms with Crippen LogP contribution in [0.25, 0.3) is 0 Å². The summed E-state index contributed by atoms with van der Waals surface area (Å²) >= 11 is 1.43. The monoisotopic (exact) mass is 418 g/mol. The average molecular weight is 419 g/mol. The van der Waals surface area contributed by atoms with Gasteiger partial charge in [-0.05, 0) is 32.4 Å². The number of amides is 2. The van der Waals surface area contributed by atoms with E-state index in [9.17, 15) is 9.59 Å². The molecule has 2 amide bonds. The summed E-state index contributed by atoms with van der Waals surface area (Å²) in [6, 6.07) is 5.81. The van der Waals surface area contributed by atoms with Crippen molar-refractivity contribution in [2.75, 3.05) is 27.3 Å². The Kier molecular flexibility index (Phi) is 7.05. The maximum Gasteiger partial charge on any atom is 0.252 e. The number of aryl methyl sites for hydroxylation is 1. The minimum Gasteiger partial charge on any atom is -0.497 e. The van der Waals surface area contributed by atoms with Crippen molar-refractivity contribution >= 4 is 23.2 Å². The van der Waals surface area contributed by atoms with Gasteiger partial charge >= 0.3 is 0 Å². The summed E-state index contributed by atoms with van der Waals surface area (Å²) in [5.41, 5.74) is 6.88. The van der Waals surface area contributed by atoms with Crippen LogP contribution in [-0.2, 0) is 16.0 Å². The summed E-state index contributed by atoms with van der Waals surface area (Å²) in [5.74, 6) is 0.926. The van der Waals surface area contributed by atoms with Crippen molar-refractivity contribution in [3.05, 3.63) is 39.8 Å². The summed E-state index contributed by atoms with van der Waals surface area (Å²) in [6.07, 6.45) is 2.07. The number of carbonyl (C=O) groups is 2. The first-order valence-corrected chi connectivity index (χ1v) is 10.3. The number of nitrogens with one attached hydrogen (secondary N) is 2. The fourth-order valence-corrected chi connectivity index (χ4v) is 4.26. The van der Waals surface area contributed by atoms with Crippen LogP contribution in [0.1, 0.15) is 35.1 Å². The Bertz CT molecular complexity index is 870. The molecule has 0 bridgehead atoms. The summed E-state index contributed by atoms with van der Waals surface area (Å²) < 4.78 is 10.8. The zero-order valence-corrected chi connectivity index (χ0v) is 17.7. The van der Waals surface area contributed by atoms with Gasteiger partial charge in [-0.25, -0.2) is 4.98 Å². The molecule has 2 aromatic rings. The Hall–Kier alpha value is -2.65. The first-order valence-electron chi connectivity index (χ1n) is 9.44. The van der Waals surface area contributed by atoms with Crippen molar-refractivity contribution in [2.45, 2.75) is 32.2 Å². The van der Waals surface area contributed by atoms with Crippen LogP contribution >= 0.6 is 11.3 Å². The molecule has 1 unspecified atom stereocenters. The molecule has 156 valence electrons. The van der Waals surface area contributed by atoms with E-state index in [0.29, 0.717) is 0 Å². The number of nitrogens with zero attached hydrogens (tertiary/aromatic N) is 2. The molecule has 0 radical (unpaired) electrons. The van der Waals surface area contributed by atoms with Crippen LogP contribution in [0, 0.1) is 6.92 Å². The molecule has 1 aromatic carbocycles. The van der Waals surface area contributed by atoms with Crippen LogP contribution in [0.3, 0.4) is 0 Å². The van der Waals surface area contributed by atoms with Gasteiger partial charge in [0.05, 0.1) is 27.2 Å². The molecule has 3 rings (SSSR count). The number of rotatable bonds is 7. The predicted octanol–water partition coefficient (Wildman–Crippen LogP) is 2.00. The van der Waals surface area contributed by atoms with Gasteiger partial charge in [0, 0.05) is 28.7 Å². The third kappa shape index (κ3) is 5.45. The maximum absolute atomic E-state index is 12.4. The molecule has 9 heteroatoms. The summed E-state index contributed by atoms with van der Waals surface area (Å²) in [4.78, 5) is 30.7. The number of benzene rings is 1. The van der Waals surface area contributed by atoms with E-state index in [0.717, 1.165) is 47.2 Å². The van der Waals surface area contributed by atoms with E-state index in [4.69, 9.17) is 9.47 Å². The molecule has 1 aliphatic heterocycles. The van der Waals surface area contributed by atoms with Crippen molar-refractivity contribution in [2.24, 2.45) is 0 Å². The second-order valence-corrected chi connectivity index (χ2v) is 7.83. The number of hydrogen-bond acceptors (Lipinski definition) is 7. The third-order valence-corrected chi connectivity index (χ3v) is 5.80. The van der Waals surface area contributed by atoms with E-state index < -0.39 is 0 Å². The number of likely N-dealkylation sites (tertiary alicyclic amines) is 1. The van der Waals surface area contributed by atoms with Gasteiger partial charge in [0.25, 0.3) is 5.91 Å². The standard InChI is InChI=1S/C20H26N4O4S/c1-13-12-29-20(21-13)10-18(25)22-23-19(26)11-24-8-4-5-16(24)15-7-6-14(27-2)9-17(15)28-3/h6-7,9,12,16H,4-5,8,10-11H2,1-3H3,(H,22,25)(H,23,26). The van der Waals surface area contributed by atoms with Gasteiger partial charge in [-0.2, -0.15) is 0 Å². The van der Waals surface area contributed by atoms with Crippen LogP contribution in [0.2, 0.25) is 0 Å². The van der Waals surface area contributed by atoms with Crippen molar-refractivity contribution in [3.8, 4) is 11.5 Å². The highest BCUT2D eigenvalue weighted by molar-refractivity contribution is 7.09. The van der Waals surface area contributed by atoms with Gasteiger partial charge in [-0.3, -0.25) is 25.3 Å². The summed E-state index contributed by atoms with van der Waals surface area (Å²) in [6.45, 7) is 2.88. The molecular weight excluding hydrogens is 392 g/mol. The van der Waals surface area contributed by atoms with Gasteiger partial charge in [-0.15, -0.1) is 11.3 Å². The van der Waals surface area contributed by atoms with Gasteiger partial charge < -0.3 is 9.47 Å². The first kappa shape index (κ1) is 21.1. The smallest absolute Gasteiger partial charge is 0.252 e. The van der Waals surface area contributed by atoms with Crippen LogP contribution in [0.15, 0.2) is 23.6 Å². The molecule has 0 spiro atoms. The topological polar surface area (TPSA) is 92.8 Å². The number of thiazole rings is 1. The second-order valence-electron chi connectivity index (χ2n) is 6.89. The van der Waals surface area contributed by atoms with Gasteiger partial charge in [0.2, 0.25) is 5.91 Å². The fourth-order valence-electron chi connectivity index (χ4n) is 3.49. The lowest BCUT2D eigenvalue weighted by molar-refractivity contribution is -0.129. The molecule has 2 N–H and O–H groups in total. The Balaban J connectivity index is 1.55. The van der Waals surface area contributed by atoms with E-state index in [1.807, 2.05) is 30.5 Å². The van der Waals surface area contributed by atoms with Crippen LogP contribution in [0.4, 0.5) is 0 Å². The summed E-state index contributed by atoms with van der Waals surface area (Å²) in [7, 11) is 3.24. The van der Waals surface area contributed by atoms with Crippen molar-refractivity contribution in [1.82, 2.24) is 20.7 Å². The zero-order chi connectivity index (χ0) is 20.8. The quantitative estimate of drug-likeness (QED) is 0.668. The fraction of sp³-hybridized carbons (Fsp3) is 0.450. The molecule has 0 aliphatic carbocycles. The van der Waals surface area contributed by atoms with Gasteiger partial charge in [0.15, 0.2) is 0 Å². The average Bonchev–Trinajstić information content (AvgIpc) is 3.34. The lowest BCUT2D eigenvalue weighted by Gasteiger charge is -2.25. The molecule has 29 heavy (non-hydrogen) atoms. The van der Waals surface area contributed by atoms with Gasteiger partial charge in [0.1, 0.15) is 16.5 Å². The number of carbonyl (C=O) groups excluding carboxylic acids is 2. The lowest BCUT2D eigenvalue weighted by atomic mass is 10.0. The van der Waals surface area contributed by atoms with E-state index >= 15 is 0 Å². The highest BCUT2D eigenvalue weighted by atomic mass is 32.1.